The van der Waals surface area contributed by atoms with E-state index in [0.29, 0.717) is 11.5 Å². The molecule has 0 amide bonds. The van der Waals surface area contributed by atoms with Crippen LogP contribution in [0.4, 0.5) is 0 Å². The molecule has 0 aliphatic heterocycles. The van der Waals surface area contributed by atoms with E-state index in [1.165, 1.54) is 24.1 Å². The summed E-state index contributed by atoms with van der Waals surface area (Å²) in [5, 5.41) is 5.79. The minimum atomic E-state index is 0.365. The topological polar surface area (TPSA) is 15.3 Å². The summed E-state index contributed by atoms with van der Waals surface area (Å²) < 4.78 is 0. The van der Waals surface area contributed by atoms with E-state index in [0.717, 1.165) is 19.6 Å². The Labute approximate surface area is 129 Å². The lowest BCUT2D eigenvalue weighted by Gasteiger charge is -2.36. The van der Waals surface area contributed by atoms with Crippen LogP contribution < -0.4 is 5.32 Å². The summed E-state index contributed by atoms with van der Waals surface area (Å²) in [6.45, 7) is 12.7. The van der Waals surface area contributed by atoms with Crippen LogP contribution >= 0.6 is 11.3 Å². The van der Waals surface area contributed by atoms with Gasteiger partial charge in [-0.25, -0.2) is 0 Å². The zero-order chi connectivity index (χ0) is 15.0. The molecule has 3 heteroatoms. The van der Waals surface area contributed by atoms with Crippen molar-refractivity contribution in [2.45, 2.75) is 53.0 Å². The zero-order valence-corrected chi connectivity index (χ0v) is 14.7. The van der Waals surface area contributed by atoms with Gasteiger partial charge in [0, 0.05) is 24.0 Å². The maximum atomic E-state index is 3.62. The first-order valence-electron chi connectivity index (χ1n) is 7.96. The standard InChI is InChI=1S/C17H32N2S/c1-6-10-17(4,13-18-11-7-2)14-19(5)15(3)16-9-8-12-20-16/h8-9,12,15,18H,6-7,10-11,13-14H2,1-5H3. The van der Waals surface area contributed by atoms with E-state index < -0.39 is 0 Å². The molecular weight excluding hydrogens is 264 g/mol. The van der Waals surface area contributed by atoms with E-state index in [1.807, 2.05) is 11.3 Å². The summed E-state index contributed by atoms with van der Waals surface area (Å²) in [6.07, 6.45) is 3.75. The third kappa shape index (κ3) is 5.55. The Morgan fingerprint density at radius 1 is 1.35 bits per heavy atom. The Morgan fingerprint density at radius 2 is 2.10 bits per heavy atom. The molecule has 0 radical (unpaired) electrons. The smallest absolute Gasteiger partial charge is 0.0410 e. The van der Waals surface area contributed by atoms with Crippen molar-refractivity contribution >= 4 is 11.3 Å². The molecule has 0 spiro atoms. The quantitative estimate of drug-likeness (QED) is 0.637. The first kappa shape index (κ1) is 17.7. The van der Waals surface area contributed by atoms with Crippen LogP contribution in [-0.2, 0) is 0 Å². The van der Waals surface area contributed by atoms with Crippen LogP contribution in [-0.4, -0.2) is 31.6 Å². The van der Waals surface area contributed by atoms with Gasteiger partial charge in [-0.3, -0.25) is 4.90 Å². The van der Waals surface area contributed by atoms with Crippen LogP contribution in [0.1, 0.15) is 57.9 Å². The Kier molecular flexibility index (Phi) is 7.78. The first-order valence-corrected chi connectivity index (χ1v) is 8.84. The van der Waals surface area contributed by atoms with Gasteiger partial charge >= 0.3 is 0 Å². The van der Waals surface area contributed by atoms with E-state index in [-0.39, 0.29) is 0 Å². The molecule has 0 aliphatic rings. The van der Waals surface area contributed by atoms with Gasteiger partial charge in [-0.1, -0.05) is 33.3 Å². The second-order valence-electron chi connectivity index (χ2n) is 6.34. The highest BCUT2D eigenvalue weighted by molar-refractivity contribution is 7.10. The lowest BCUT2D eigenvalue weighted by molar-refractivity contribution is 0.143. The molecule has 0 saturated carbocycles. The van der Waals surface area contributed by atoms with Crippen LogP contribution in [0.25, 0.3) is 0 Å². The molecule has 2 unspecified atom stereocenters. The molecular formula is C17H32N2S. The van der Waals surface area contributed by atoms with Gasteiger partial charge in [-0.05, 0) is 50.2 Å². The SMILES string of the molecule is CCCNCC(C)(CCC)CN(C)C(C)c1cccs1. The summed E-state index contributed by atoms with van der Waals surface area (Å²) in [7, 11) is 2.26. The monoisotopic (exact) mass is 296 g/mol. The van der Waals surface area contributed by atoms with Crippen LogP contribution in [0, 0.1) is 5.41 Å². The van der Waals surface area contributed by atoms with E-state index in [4.69, 9.17) is 0 Å². The molecule has 1 rings (SSSR count). The van der Waals surface area contributed by atoms with Gasteiger partial charge in [0.2, 0.25) is 0 Å². The molecule has 2 atom stereocenters. The van der Waals surface area contributed by atoms with Crippen LogP contribution in [0.2, 0.25) is 0 Å². The number of rotatable bonds is 10. The number of nitrogens with one attached hydrogen (secondary N) is 1. The van der Waals surface area contributed by atoms with Gasteiger partial charge in [-0.2, -0.15) is 0 Å². The van der Waals surface area contributed by atoms with Crippen LogP contribution in [0.5, 0.6) is 0 Å². The summed E-state index contributed by atoms with van der Waals surface area (Å²) in [4.78, 5) is 3.97. The third-order valence-corrected chi connectivity index (χ3v) is 5.12. The van der Waals surface area contributed by atoms with Gasteiger partial charge in [0.1, 0.15) is 0 Å². The second kappa shape index (κ2) is 8.81. The van der Waals surface area contributed by atoms with Gasteiger partial charge < -0.3 is 5.32 Å². The van der Waals surface area contributed by atoms with Gasteiger partial charge in [-0.15, -0.1) is 11.3 Å². The van der Waals surface area contributed by atoms with E-state index in [2.05, 4.69) is 62.5 Å². The molecule has 1 N–H and O–H groups in total. The fourth-order valence-electron chi connectivity index (χ4n) is 2.88. The summed E-state index contributed by atoms with van der Waals surface area (Å²) in [5.41, 5.74) is 0.365. The number of nitrogens with zero attached hydrogens (tertiary/aromatic N) is 1. The maximum absolute atomic E-state index is 3.62. The predicted molar refractivity (Wildman–Crippen MR) is 91.5 cm³/mol. The molecule has 0 aliphatic carbocycles. The molecule has 20 heavy (non-hydrogen) atoms. The molecule has 0 aromatic carbocycles. The van der Waals surface area contributed by atoms with E-state index in [9.17, 15) is 0 Å². The maximum Gasteiger partial charge on any atom is 0.0410 e. The largest absolute Gasteiger partial charge is 0.316 e. The molecule has 1 aromatic heterocycles. The highest BCUT2D eigenvalue weighted by Gasteiger charge is 2.27. The van der Waals surface area contributed by atoms with Crippen molar-refractivity contribution in [3.8, 4) is 0 Å². The van der Waals surface area contributed by atoms with Crippen molar-refractivity contribution in [3.05, 3.63) is 22.4 Å². The fraction of sp³-hybridized carbons (Fsp3) is 0.765. The molecule has 0 fully saturated rings. The molecule has 0 saturated heterocycles. The third-order valence-electron chi connectivity index (χ3n) is 4.08. The van der Waals surface area contributed by atoms with E-state index in [1.54, 1.807) is 0 Å². The predicted octanol–water partition coefficient (Wildman–Crippen LogP) is 4.55. The van der Waals surface area contributed by atoms with Crippen molar-refractivity contribution < 1.29 is 0 Å². The lowest BCUT2D eigenvalue weighted by atomic mass is 9.84. The number of hydrogen-bond donors (Lipinski definition) is 1. The minimum absolute atomic E-state index is 0.365. The Hall–Kier alpha value is -0.380. The molecule has 1 heterocycles. The van der Waals surface area contributed by atoms with Crippen LogP contribution in [0.15, 0.2) is 17.5 Å². The Balaban J connectivity index is 2.59. The summed E-state index contributed by atoms with van der Waals surface area (Å²) in [5.74, 6) is 0. The highest BCUT2D eigenvalue weighted by Crippen LogP contribution is 2.29. The summed E-state index contributed by atoms with van der Waals surface area (Å²) >= 11 is 1.86. The summed E-state index contributed by atoms with van der Waals surface area (Å²) in [6, 6.07) is 4.91. The molecule has 0 bridgehead atoms. The second-order valence-corrected chi connectivity index (χ2v) is 7.32. The highest BCUT2D eigenvalue weighted by atomic mass is 32.1. The minimum Gasteiger partial charge on any atom is -0.316 e. The van der Waals surface area contributed by atoms with Crippen molar-refractivity contribution in [1.82, 2.24) is 10.2 Å². The number of thiophene rings is 1. The zero-order valence-electron chi connectivity index (χ0n) is 13.9. The lowest BCUT2D eigenvalue weighted by Crippen LogP contribution is -2.41. The van der Waals surface area contributed by atoms with Crippen molar-refractivity contribution in [3.63, 3.8) is 0 Å². The molecule has 2 nitrogen and oxygen atoms in total. The van der Waals surface area contributed by atoms with Crippen molar-refractivity contribution in [2.75, 3.05) is 26.7 Å². The first-order chi connectivity index (χ1) is 9.52. The molecule has 116 valence electrons. The van der Waals surface area contributed by atoms with E-state index >= 15 is 0 Å². The van der Waals surface area contributed by atoms with Gasteiger partial charge in [0.25, 0.3) is 0 Å². The van der Waals surface area contributed by atoms with Gasteiger partial charge in [0.15, 0.2) is 0 Å². The number of hydrogen-bond acceptors (Lipinski definition) is 3. The Morgan fingerprint density at radius 3 is 2.65 bits per heavy atom. The fourth-order valence-corrected chi connectivity index (χ4v) is 3.73. The molecule has 1 aromatic rings. The average Bonchev–Trinajstić information content (AvgIpc) is 2.92. The van der Waals surface area contributed by atoms with Crippen molar-refractivity contribution in [1.29, 1.82) is 0 Å². The Bertz CT molecular complexity index is 350. The van der Waals surface area contributed by atoms with Crippen molar-refractivity contribution in [2.24, 2.45) is 5.41 Å². The van der Waals surface area contributed by atoms with Crippen LogP contribution in [0.3, 0.4) is 0 Å². The average molecular weight is 297 g/mol. The van der Waals surface area contributed by atoms with Gasteiger partial charge in [0.05, 0.1) is 0 Å². The normalized spacial score (nSPS) is 16.3.